The Morgan fingerprint density at radius 2 is 1.86 bits per heavy atom. The zero-order valence-corrected chi connectivity index (χ0v) is 16.5. The maximum atomic E-state index is 13.4. The third-order valence-electron chi connectivity index (χ3n) is 5.05. The van der Waals surface area contributed by atoms with Crippen LogP contribution in [0.5, 0.6) is 0 Å². The molecule has 28 heavy (non-hydrogen) atoms. The first-order valence-electron chi connectivity index (χ1n) is 8.88. The van der Waals surface area contributed by atoms with Crippen molar-refractivity contribution in [2.45, 2.75) is 45.3 Å². The third-order valence-corrected chi connectivity index (χ3v) is 5.05. The summed E-state index contributed by atoms with van der Waals surface area (Å²) in [5, 5.41) is 22.8. The van der Waals surface area contributed by atoms with Gasteiger partial charge < -0.3 is 20.4 Å². The number of fused-ring (bicyclic) bond motifs is 2. The van der Waals surface area contributed by atoms with Crippen LogP contribution in [0.4, 0.5) is 16.2 Å². The lowest BCUT2D eigenvalue weighted by Gasteiger charge is -2.49. The summed E-state index contributed by atoms with van der Waals surface area (Å²) in [6.07, 6.45) is -0.0994. The Labute approximate surface area is 162 Å². The second-order valence-corrected chi connectivity index (χ2v) is 8.04. The minimum absolute atomic E-state index is 0.0994. The predicted molar refractivity (Wildman–Crippen MR) is 104 cm³/mol. The van der Waals surface area contributed by atoms with Gasteiger partial charge in [-0.1, -0.05) is 0 Å². The minimum atomic E-state index is -1.56. The number of nitrogens with one attached hydrogen (secondary N) is 1. The molecule has 1 atom stereocenters. The fourth-order valence-corrected chi connectivity index (χ4v) is 3.77. The van der Waals surface area contributed by atoms with Crippen LogP contribution in [-0.2, 0) is 9.59 Å². The molecule has 2 heterocycles. The molecule has 0 saturated carbocycles. The van der Waals surface area contributed by atoms with Crippen molar-refractivity contribution in [2.24, 2.45) is 4.99 Å². The maximum Gasteiger partial charge on any atom is 0.352 e. The highest BCUT2D eigenvalue weighted by atomic mass is 16.4. The monoisotopic (exact) mass is 388 g/mol. The smallest absolute Gasteiger partial charge is 0.352 e. The largest absolute Gasteiger partial charge is 0.480 e. The molecule has 0 bridgehead atoms. The molecular weight excluding hydrogens is 364 g/mol. The van der Waals surface area contributed by atoms with Gasteiger partial charge in [-0.2, -0.15) is 4.99 Å². The van der Waals surface area contributed by atoms with E-state index in [-0.39, 0.29) is 12.3 Å². The van der Waals surface area contributed by atoms with Gasteiger partial charge in [-0.25, -0.2) is 9.69 Å². The Morgan fingerprint density at radius 1 is 1.25 bits per heavy atom. The van der Waals surface area contributed by atoms with Crippen LogP contribution in [0, 0.1) is 13.8 Å². The van der Waals surface area contributed by atoms with Crippen molar-refractivity contribution in [2.75, 3.05) is 23.8 Å². The van der Waals surface area contributed by atoms with Gasteiger partial charge in [-0.3, -0.25) is 9.59 Å². The lowest BCUT2D eigenvalue weighted by atomic mass is 9.80. The van der Waals surface area contributed by atoms with Gasteiger partial charge in [0.1, 0.15) is 12.4 Å². The highest BCUT2D eigenvalue weighted by molar-refractivity contribution is 6.30. The molecule has 9 heteroatoms. The Balaban J connectivity index is 2.24. The molecule has 1 aromatic carbocycles. The number of hydrogen-bond donors (Lipinski definition) is 3. The third kappa shape index (κ3) is 3.11. The fourth-order valence-electron chi connectivity index (χ4n) is 3.77. The minimum Gasteiger partial charge on any atom is -0.480 e. The van der Waals surface area contributed by atoms with Crippen LogP contribution in [0.25, 0.3) is 0 Å². The van der Waals surface area contributed by atoms with Gasteiger partial charge >= 0.3 is 12.0 Å². The number of amides is 3. The van der Waals surface area contributed by atoms with Crippen molar-refractivity contribution < 1.29 is 24.6 Å². The van der Waals surface area contributed by atoms with E-state index in [4.69, 9.17) is 5.11 Å². The van der Waals surface area contributed by atoms with E-state index in [9.17, 15) is 19.5 Å². The van der Waals surface area contributed by atoms with Crippen LogP contribution in [0.15, 0.2) is 17.1 Å². The average molecular weight is 388 g/mol. The SMILES string of the molecule is Cc1cc2c(cc1C)N(C)C1=NC(=O)N(CC(=O)O)C(=O)C1(CC(C)(C)O)N2. The molecule has 0 spiro atoms. The van der Waals surface area contributed by atoms with Crippen molar-refractivity contribution in [3.8, 4) is 0 Å². The number of hydrogen-bond acceptors (Lipinski definition) is 6. The first kappa shape index (κ1) is 19.8. The summed E-state index contributed by atoms with van der Waals surface area (Å²) in [6, 6.07) is 2.87. The van der Waals surface area contributed by atoms with Crippen molar-refractivity contribution in [3.63, 3.8) is 0 Å². The predicted octanol–water partition coefficient (Wildman–Crippen LogP) is 1.51. The second kappa shape index (κ2) is 6.30. The van der Waals surface area contributed by atoms with Crippen molar-refractivity contribution >= 4 is 35.1 Å². The van der Waals surface area contributed by atoms with Gasteiger partial charge in [0.15, 0.2) is 5.54 Å². The summed E-state index contributed by atoms with van der Waals surface area (Å²) >= 11 is 0. The number of rotatable bonds is 4. The molecule has 0 aromatic heterocycles. The van der Waals surface area contributed by atoms with Crippen LogP contribution in [0.2, 0.25) is 0 Å². The lowest BCUT2D eigenvalue weighted by molar-refractivity contribution is -0.144. The molecular formula is C19H24N4O5. The number of aliphatic hydroxyl groups is 1. The van der Waals surface area contributed by atoms with Crippen molar-refractivity contribution in [3.05, 3.63) is 23.3 Å². The number of carbonyl (C=O) groups is 3. The summed E-state index contributed by atoms with van der Waals surface area (Å²) in [7, 11) is 1.69. The molecule has 0 fully saturated rings. The Kier molecular flexibility index (Phi) is 4.46. The van der Waals surface area contributed by atoms with Gasteiger partial charge in [0, 0.05) is 13.5 Å². The second-order valence-electron chi connectivity index (χ2n) is 8.04. The van der Waals surface area contributed by atoms with Crippen LogP contribution in [0.1, 0.15) is 31.4 Å². The van der Waals surface area contributed by atoms with E-state index < -0.39 is 35.6 Å². The number of carboxylic acids is 1. The molecule has 2 aliphatic rings. The van der Waals surface area contributed by atoms with E-state index in [1.807, 2.05) is 26.0 Å². The molecule has 2 aliphatic heterocycles. The molecule has 3 amide bonds. The zero-order valence-electron chi connectivity index (χ0n) is 16.5. The summed E-state index contributed by atoms with van der Waals surface area (Å²) in [6.45, 7) is 6.18. The van der Waals surface area contributed by atoms with E-state index >= 15 is 0 Å². The zero-order chi connectivity index (χ0) is 21.0. The number of anilines is 2. The number of carboxylic acid groups (broad SMARTS) is 1. The number of aryl methyl sites for hydroxylation is 2. The van der Waals surface area contributed by atoms with Gasteiger partial charge in [0.2, 0.25) is 0 Å². The van der Waals surface area contributed by atoms with Gasteiger partial charge in [-0.15, -0.1) is 0 Å². The van der Waals surface area contributed by atoms with E-state index in [1.165, 1.54) is 0 Å². The number of carbonyl (C=O) groups excluding carboxylic acids is 2. The summed E-state index contributed by atoms with van der Waals surface area (Å²) in [4.78, 5) is 43.3. The molecule has 1 aromatic rings. The molecule has 0 saturated heterocycles. The fraction of sp³-hybridized carbons (Fsp3) is 0.474. The molecule has 0 radical (unpaired) electrons. The normalized spacial score (nSPS) is 21.7. The van der Waals surface area contributed by atoms with E-state index in [0.717, 1.165) is 16.8 Å². The lowest BCUT2D eigenvalue weighted by Crippen LogP contribution is -2.70. The van der Waals surface area contributed by atoms with Crippen LogP contribution >= 0.6 is 0 Å². The average Bonchev–Trinajstić information content (AvgIpc) is 2.55. The number of aliphatic carboxylic acids is 1. The van der Waals surface area contributed by atoms with Gasteiger partial charge in [-0.05, 0) is 51.0 Å². The summed E-state index contributed by atoms with van der Waals surface area (Å²) < 4.78 is 0. The quantitative estimate of drug-likeness (QED) is 0.714. The first-order chi connectivity index (χ1) is 12.9. The Hall–Kier alpha value is -2.94. The van der Waals surface area contributed by atoms with Crippen molar-refractivity contribution in [1.29, 1.82) is 0 Å². The molecule has 3 N–H and O–H groups in total. The number of urea groups is 1. The molecule has 150 valence electrons. The molecule has 1 unspecified atom stereocenters. The number of likely N-dealkylation sites (N-methyl/N-ethyl adjacent to an activating group) is 1. The Morgan fingerprint density at radius 3 is 2.43 bits per heavy atom. The number of nitrogens with zero attached hydrogens (tertiary/aromatic N) is 3. The van der Waals surface area contributed by atoms with E-state index in [2.05, 4.69) is 10.3 Å². The van der Waals surface area contributed by atoms with Gasteiger partial charge in [0.05, 0.1) is 17.0 Å². The number of aliphatic imine (C=N–C) groups is 1. The summed E-state index contributed by atoms with van der Waals surface area (Å²) in [5.41, 5.74) is 0.554. The highest BCUT2D eigenvalue weighted by Crippen LogP contribution is 2.42. The Bertz CT molecular complexity index is 918. The highest BCUT2D eigenvalue weighted by Gasteiger charge is 2.57. The standard InChI is InChI=1S/C19H24N4O5/c1-10-6-12-13(7-11(10)2)22(5)15-19(21-12,9-18(3,4)28)16(26)23(8-14(24)25)17(27)20-15/h6-7,21,28H,8-9H2,1-5H3,(H,24,25). The van der Waals surface area contributed by atoms with E-state index in [1.54, 1.807) is 25.8 Å². The van der Waals surface area contributed by atoms with Crippen molar-refractivity contribution in [1.82, 2.24) is 4.90 Å². The maximum absolute atomic E-state index is 13.4. The van der Waals surface area contributed by atoms with Crippen LogP contribution < -0.4 is 10.2 Å². The molecule has 3 rings (SSSR count). The summed E-state index contributed by atoms with van der Waals surface area (Å²) in [5.74, 6) is -1.93. The molecule has 9 nitrogen and oxygen atoms in total. The number of imide groups is 1. The number of amidine groups is 1. The van der Waals surface area contributed by atoms with Crippen LogP contribution in [-0.4, -0.2) is 63.6 Å². The van der Waals surface area contributed by atoms with Crippen LogP contribution in [0.3, 0.4) is 0 Å². The topological polar surface area (TPSA) is 123 Å². The number of benzene rings is 1. The van der Waals surface area contributed by atoms with Gasteiger partial charge in [0.25, 0.3) is 5.91 Å². The molecule has 0 aliphatic carbocycles. The first-order valence-corrected chi connectivity index (χ1v) is 8.88. The van der Waals surface area contributed by atoms with E-state index in [0.29, 0.717) is 10.6 Å².